The average molecular weight is 295 g/mol. The molecular formula is C15H12Cl2O2. The first kappa shape index (κ1) is 13.9. The van der Waals surface area contributed by atoms with Crippen LogP contribution in [-0.4, -0.2) is 6.29 Å². The van der Waals surface area contributed by atoms with Crippen LogP contribution in [0.5, 0.6) is 11.5 Å². The maximum absolute atomic E-state index is 10.6. The van der Waals surface area contributed by atoms with Crippen LogP contribution in [0.25, 0.3) is 0 Å². The number of hydrogen-bond donors (Lipinski definition) is 0. The molecule has 2 nitrogen and oxygen atoms in total. The van der Waals surface area contributed by atoms with E-state index in [1.54, 1.807) is 30.3 Å². The summed E-state index contributed by atoms with van der Waals surface area (Å²) in [4.78, 5) is 10.6. The molecule has 0 unspecified atom stereocenters. The van der Waals surface area contributed by atoms with Crippen LogP contribution in [-0.2, 0) is 6.42 Å². The molecule has 2 aromatic carbocycles. The fraction of sp³-hybridized carbons (Fsp3) is 0.133. The summed E-state index contributed by atoms with van der Waals surface area (Å²) in [6.07, 6.45) is 1.57. The lowest BCUT2D eigenvalue weighted by atomic mass is 10.1. The Kier molecular flexibility index (Phi) is 4.46. The van der Waals surface area contributed by atoms with Crippen molar-refractivity contribution in [2.45, 2.75) is 13.3 Å². The van der Waals surface area contributed by atoms with Crippen LogP contribution in [0.1, 0.15) is 22.8 Å². The molecule has 0 aliphatic rings. The summed E-state index contributed by atoms with van der Waals surface area (Å²) in [5, 5.41) is 1.12. The first-order chi connectivity index (χ1) is 9.13. The van der Waals surface area contributed by atoms with Gasteiger partial charge in [0.15, 0.2) is 0 Å². The van der Waals surface area contributed by atoms with E-state index >= 15 is 0 Å². The highest BCUT2D eigenvalue weighted by atomic mass is 35.5. The summed E-state index contributed by atoms with van der Waals surface area (Å²) >= 11 is 12.1. The zero-order valence-electron chi connectivity index (χ0n) is 10.3. The normalized spacial score (nSPS) is 10.3. The van der Waals surface area contributed by atoms with E-state index in [9.17, 15) is 4.79 Å². The number of carbonyl (C=O) groups is 1. The molecule has 19 heavy (non-hydrogen) atoms. The number of hydrogen-bond acceptors (Lipinski definition) is 2. The molecule has 0 saturated heterocycles. The van der Waals surface area contributed by atoms with Gasteiger partial charge in [-0.15, -0.1) is 0 Å². The van der Waals surface area contributed by atoms with Crippen LogP contribution < -0.4 is 4.74 Å². The largest absolute Gasteiger partial charge is 0.456 e. The molecule has 0 spiro atoms. The molecule has 2 aromatic rings. The molecule has 0 bridgehead atoms. The molecule has 98 valence electrons. The Labute approximate surface area is 121 Å². The van der Waals surface area contributed by atoms with Crippen molar-refractivity contribution in [2.24, 2.45) is 0 Å². The molecule has 0 N–H and O–H groups in total. The number of rotatable bonds is 4. The van der Waals surface area contributed by atoms with Crippen LogP contribution in [0.2, 0.25) is 10.0 Å². The quantitative estimate of drug-likeness (QED) is 0.728. The van der Waals surface area contributed by atoms with Crippen molar-refractivity contribution in [3.63, 3.8) is 0 Å². The predicted octanol–water partition coefficient (Wildman–Crippen LogP) is 5.16. The van der Waals surface area contributed by atoms with Crippen LogP contribution >= 0.6 is 23.2 Å². The highest BCUT2D eigenvalue weighted by molar-refractivity contribution is 6.32. The van der Waals surface area contributed by atoms with E-state index in [-0.39, 0.29) is 0 Å². The van der Waals surface area contributed by atoms with Gasteiger partial charge in [-0.2, -0.15) is 0 Å². The fourth-order valence-corrected chi connectivity index (χ4v) is 2.16. The summed E-state index contributed by atoms with van der Waals surface area (Å²) in [7, 11) is 0. The van der Waals surface area contributed by atoms with Gasteiger partial charge >= 0.3 is 0 Å². The predicted molar refractivity (Wildman–Crippen MR) is 77.7 cm³/mol. The van der Waals surface area contributed by atoms with Gasteiger partial charge in [0.2, 0.25) is 0 Å². The van der Waals surface area contributed by atoms with Gasteiger partial charge in [0.1, 0.15) is 17.8 Å². The van der Waals surface area contributed by atoms with E-state index in [2.05, 4.69) is 0 Å². The first-order valence-corrected chi connectivity index (χ1v) is 6.60. The van der Waals surface area contributed by atoms with Gasteiger partial charge in [-0.05, 0) is 48.4 Å². The lowest BCUT2D eigenvalue weighted by molar-refractivity contribution is 0.112. The Morgan fingerprint density at radius 2 is 1.89 bits per heavy atom. The number of carbonyl (C=O) groups excluding carboxylic acids is 1. The molecule has 0 saturated carbocycles. The summed E-state index contributed by atoms with van der Waals surface area (Å²) in [5.41, 5.74) is 1.53. The molecule has 0 radical (unpaired) electrons. The first-order valence-electron chi connectivity index (χ1n) is 5.85. The SMILES string of the molecule is CCc1cc(Oc2ccc(C=O)cc2Cl)ccc1Cl. The molecule has 4 heteroatoms. The van der Waals surface area contributed by atoms with Crippen molar-refractivity contribution in [1.29, 1.82) is 0 Å². The van der Waals surface area contributed by atoms with Crippen molar-refractivity contribution in [3.05, 3.63) is 57.6 Å². The highest BCUT2D eigenvalue weighted by Gasteiger charge is 2.06. The van der Waals surface area contributed by atoms with E-state index in [4.69, 9.17) is 27.9 Å². The summed E-state index contributed by atoms with van der Waals surface area (Å²) in [5.74, 6) is 1.18. The molecule has 0 aromatic heterocycles. The Morgan fingerprint density at radius 3 is 2.53 bits per heavy atom. The lowest BCUT2D eigenvalue weighted by Crippen LogP contribution is -1.89. The lowest BCUT2D eigenvalue weighted by Gasteiger charge is -2.10. The van der Waals surface area contributed by atoms with E-state index in [1.807, 2.05) is 13.0 Å². The van der Waals surface area contributed by atoms with E-state index < -0.39 is 0 Å². The van der Waals surface area contributed by atoms with Crippen molar-refractivity contribution in [3.8, 4) is 11.5 Å². The van der Waals surface area contributed by atoms with Crippen LogP contribution in [0.4, 0.5) is 0 Å². The van der Waals surface area contributed by atoms with Crippen LogP contribution in [0.3, 0.4) is 0 Å². The van der Waals surface area contributed by atoms with Gasteiger partial charge < -0.3 is 4.74 Å². The third kappa shape index (κ3) is 3.28. The second kappa shape index (κ2) is 6.09. The van der Waals surface area contributed by atoms with Crippen molar-refractivity contribution >= 4 is 29.5 Å². The second-order valence-electron chi connectivity index (χ2n) is 4.02. The summed E-state index contributed by atoms with van der Waals surface area (Å²) in [6, 6.07) is 10.4. The fourth-order valence-electron chi connectivity index (χ4n) is 1.69. The molecule has 0 heterocycles. The number of aldehydes is 1. The standard InChI is InChI=1S/C15H12Cl2O2/c1-2-11-8-12(4-5-13(11)16)19-15-6-3-10(9-18)7-14(15)17/h3-9H,2H2,1H3. The molecule has 2 rings (SSSR count). The maximum atomic E-state index is 10.6. The highest BCUT2D eigenvalue weighted by Crippen LogP contribution is 2.31. The monoisotopic (exact) mass is 294 g/mol. The Morgan fingerprint density at radius 1 is 1.11 bits per heavy atom. The minimum atomic E-state index is 0.401. The number of halogens is 2. The van der Waals surface area contributed by atoms with Gasteiger partial charge in [0, 0.05) is 10.6 Å². The summed E-state index contributed by atoms with van der Waals surface area (Å²) < 4.78 is 5.70. The number of benzene rings is 2. The smallest absolute Gasteiger partial charge is 0.150 e. The average Bonchev–Trinajstić information content (AvgIpc) is 2.43. The van der Waals surface area contributed by atoms with Gasteiger partial charge in [-0.1, -0.05) is 30.1 Å². The Balaban J connectivity index is 2.28. The van der Waals surface area contributed by atoms with Gasteiger partial charge in [0.05, 0.1) is 5.02 Å². The van der Waals surface area contributed by atoms with E-state index in [1.165, 1.54) is 0 Å². The van der Waals surface area contributed by atoms with E-state index in [0.29, 0.717) is 22.1 Å². The molecule has 0 aliphatic carbocycles. The molecule has 0 aliphatic heterocycles. The van der Waals surface area contributed by atoms with Crippen molar-refractivity contribution in [1.82, 2.24) is 0 Å². The summed E-state index contributed by atoms with van der Waals surface area (Å²) in [6.45, 7) is 2.02. The van der Waals surface area contributed by atoms with Crippen molar-refractivity contribution in [2.75, 3.05) is 0 Å². The zero-order valence-corrected chi connectivity index (χ0v) is 11.8. The number of aryl methyl sites for hydroxylation is 1. The second-order valence-corrected chi connectivity index (χ2v) is 4.83. The van der Waals surface area contributed by atoms with Crippen LogP contribution in [0.15, 0.2) is 36.4 Å². The molecule has 0 atom stereocenters. The Bertz CT molecular complexity index is 609. The molecular weight excluding hydrogens is 283 g/mol. The van der Waals surface area contributed by atoms with Crippen LogP contribution in [0, 0.1) is 0 Å². The number of ether oxygens (including phenoxy) is 1. The van der Waals surface area contributed by atoms with E-state index in [0.717, 1.165) is 23.3 Å². The third-order valence-corrected chi connectivity index (χ3v) is 3.38. The zero-order chi connectivity index (χ0) is 13.8. The maximum Gasteiger partial charge on any atom is 0.150 e. The van der Waals surface area contributed by atoms with Gasteiger partial charge in [-0.25, -0.2) is 0 Å². The third-order valence-electron chi connectivity index (χ3n) is 2.72. The van der Waals surface area contributed by atoms with Gasteiger partial charge in [-0.3, -0.25) is 4.79 Å². The molecule has 0 fully saturated rings. The minimum absolute atomic E-state index is 0.401. The topological polar surface area (TPSA) is 26.3 Å². The molecule has 0 amide bonds. The minimum Gasteiger partial charge on any atom is -0.456 e. The Hall–Kier alpha value is -1.51. The van der Waals surface area contributed by atoms with Gasteiger partial charge in [0.25, 0.3) is 0 Å². The van der Waals surface area contributed by atoms with Crippen molar-refractivity contribution < 1.29 is 9.53 Å².